The second kappa shape index (κ2) is 10.6. The predicted molar refractivity (Wildman–Crippen MR) is 123 cm³/mol. The molecule has 0 spiro atoms. The molecule has 2 amide bonds. The van der Waals surface area contributed by atoms with Crippen LogP contribution in [0.5, 0.6) is 5.75 Å². The summed E-state index contributed by atoms with van der Waals surface area (Å²) < 4.78 is 11.5. The van der Waals surface area contributed by atoms with Crippen LogP contribution < -0.4 is 15.4 Å². The lowest BCUT2D eigenvalue weighted by molar-refractivity contribution is -0.117. The second-order valence-electron chi connectivity index (χ2n) is 6.34. The van der Waals surface area contributed by atoms with Gasteiger partial charge < -0.3 is 19.8 Å². The van der Waals surface area contributed by atoms with Crippen molar-refractivity contribution in [1.82, 2.24) is 10.6 Å². The fourth-order valence-corrected chi connectivity index (χ4v) is 3.24. The Morgan fingerprint density at radius 3 is 2.47 bits per heavy atom. The SMILES string of the molecule is COc1ccccc1CCNC(=O)/C(=C\c1ccc(I)o1)NC(=O)c1ccccc1. The first-order valence-corrected chi connectivity index (χ1v) is 10.4. The monoisotopic (exact) mass is 516 g/mol. The molecule has 1 aromatic heterocycles. The van der Waals surface area contributed by atoms with E-state index in [0.717, 1.165) is 11.3 Å². The first kappa shape index (κ1) is 21.6. The molecule has 3 rings (SSSR count). The number of carbonyl (C=O) groups is 2. The zero-order chi connectivity index (χ0) is 21.3. The number of furan rings is 1. The zero-order valence-corrected chi connectivity index (χ0v) is 18.5. The van der Waals surface area contributed by atoms with Crippen LogP contribution in [0.1, 0.15) is 21.7 Å². The number of benzene rings is 2. The molecule has 3 aromatic rings. The minimum absolute atomic E-state index is 0.106. The maximum Gasteiger partial charge on any atom is 0.267 e. The van der Waals surface area contributed by atoms with Crippen molar-refractivity contribution in [1.29, 1.82) is 0 Å². The summed E-state index contributed by atoms with van der Waals surface area (Å²) in [5.74, 6) is 0.469. The van der Waals surface area contributed by atoms with Crippen LogP contribution in [0.3, 0.4) is 0 Å². The van der Waals surface area contributed by atoms with Gasteiger partial charge in [-0.15, -0.1) is 0 Å². The maximum atomic E-state index is 12.8. The van der Waals surface area contributed by atoms with E-state index in [9.17, 15) is 9.59 Å². The lowest BCUT2D eigenvalue weighted by Gasteiger charge is -2.12. The molecule has 2 aromatic carbocycles. The molecule has 7 heteroatoms. The Labute approximate surface area is 188 Å². The molecule has 0 aliphatic rings. The Morgan fingerprint density at radius 2 is 1.77 bits per heavy atom. The highest BCUT2D eigenvalue weighted by Gasteiger charge is 2.15. The number of nitrogens with one attached hydrogen (secondary N) is 2. The average Bonchev–Trinajstić information content (AvgIpc) is 3.18. The smallest absolute Gasteiger partial charge is 0.267 e. The van der Waals surface area contributed by atoms with Crippen molar-refractivity contribution >= 4 is 40.5 Å². The van der Waals surface area contributed by atoms with Crippen LogP contribution in [-0.2, 0) is 11.2 Å². The van der Waals surface area contributed by atoms with Gasteiger partial charge in [0.25, 0.3) is 11.8 Å². The third-order valence-corrected chi connectivity index (χ3v) is 4.86. The van der Waals surface area contributed by atoms with Crippen LogP contribution in [0, 0.1) is 3.77 Å². The minimum Gasteiger partial charge on any atom is -0.496 e. The molecule has 0 bridgehead atoms. The Kier molecular flexibility index (Phi) is 7.67. The van der Waals surface area contributed by atoms with E-state index in [4.69, 9.17) is 9.15 Å². The van der Waals surface area contributed by atoms with Gasteiger partial charge in [0.05, 0.1) is 7.11 Å². The fourth-order valence-electron chi connectivity index (χ4n) is 2.81. The van der Waals surface area contributed by atoms with Crippen molar-refractivity contribution in [2.75, 3.05) is 13.7 Å². The molecule has 154 valence electrons. The van der Waals surface area contributed by atoms with Crippen molar-refractivity contribution in [2.24, 2.45) is 0 Å². The molecule has 1 heterocycles. The first-order chi connectivity index (χ1) is 14.6. The summed E-state index contributed by atoms with van der Waals surface area (Å²) in [5.41, 5.74) is 1.55. The van der Waals surface area contributed by atoms with Gasteiger partial charge in [-0.25, -0.2) is 0 Å². The number of rotatable bonds is 8. The number of carbonyl (C=O) groups excluding carboxylic acids is 2. The van der Waals surface area contributed by atoms with E-state index in [-0.39, 0.29) is 11.6 Å². The number of hydrogen-bond donors (Lipinski definition) is 2. The predicted octanol–water partition coefficient (Wildman–Crippen LogP) is 4.02. The zero-order valence-electron chi connectivity index (χ0n) is 16.4. The summed E-state index contributed by atoms with van der Waals surface area (Å²) >= 11 is 2.04. The van der Waals surface area contributed by atoms with E-state index in [2.05, 4.69) is 10.6 Å². The number of amides is 2. The van der Waals surface area contributed by atoms with Crippen LogP contribution in [0.4, 0.5) is 0 Å². The number of halogens is 1. The second-order valence-corrected chi connectivity index (χ2v) is 7.40. The minimum atomic E-state index is -0.402. The highest BCUT2D eigenvalue weighted by Crippen LogP contribution is 2.17. The van der Waals surface area contributed by atoms with Gasteiger partial charge in [-0.3, -0.25) is 9.59 Å². The Bertz CT molecular complexity index is 1040. The van der Waals surface area contributed by atoms with E-state index in [1.807, 2.05) is 52.9 Å². The quantitative estimate of drug-likeness (QED) is 0.350. The molecule has 0 saturated carbocycles. The van der Waals surface area contributed by atoms with Crippen molar-refractivity contribution in [3.05, 3.63) is 93.1 Å². The molecule has 0 atom stereocenters. The molecule has 0 unspecified atom stereocenters. The van der Waals surface area contributed by atoms with Crippen LogP contribution in [0.15, 0.2) is 76.8 Å². The summed E-state index contributed by atoms with van der Waals surface area (Å²) in [7, 11) is 1.61. The summed E-state index contributed by atoms with van der Waals surface area (Å²) in [6.07, 6.45) is 2.11. The first-order valence-electron chi connectivity index (χ1n) is 9.30. The highest BCUT2D eigenvalue weighted by molar-refractivity contribution is 14.1. The van der Waals surface area contributed by atoms with Gasteiger partial charge in [-0.2, -0.15) is 0 Å². The molecule has 2 N–H and O–H groups in total. The fraction of sp³-hybridized carbons (Fsp3) is 0.130. The van der Waals surface area contributed by atoms with Crippen molar-refractivity contribution in [2.45, 2.75) is 6.42 Å². The van der Waals surface area contributed by atoms with Gasteiger partial charge in [0, 0.05) is 18.2 Å². The Morgan fingerprint density at radius 1 is 1.03 bits per heavy atom. The van der Waals surface area contributed by atoms with E-state index in [1.165, 1.54) is 6.08 Å². The van der Waals surface area contributed by atoms with Crippen molar-refractivity contribution in [3.8, 4) is 5.75 Å². The lowest BCUT2D eigenvalue weighted by Crippen LogP contribution is -2.35. The van der Waals surface area contributed by atoms with Crippen LogP contribution >= 0.6 is 22.6 Å². The van der Waals surface area contributed by atoms with Crippen molar-refractivity contribution in [3.63, 3.8) is 0 Å². The molecule has 0 saturated heterocycles. The van der Waals surface area contributed by atoms with E-state index in [0.29, 0.717) is 28.1 Å². The van der Waals surface area contributed by atoms with Gasteiger partial charge >= 0.3 is 0 Å². The normalized spacial score (nSPS) is 11.1. The summed E-state index contributed by atoms with van der Waals surface area (Å²) in [4.78, 5) is 25.4. The van der Waals surface area contributed by atoms with Crippen molar-refractivity contribution < 1.29 is 18.7 Å². The molecule has 6 nitrogen and oxygen atoms in total. The molecule has 0 aliphatic carbocycles. The van der Waals surface area contributed by atoms with Crippen LogP contribution in [-0.4, -0.2) is 25.5 Å². The maximum absolute atomic E-state index is 12.8. The number of para-hydroxylation sites is 1. The molecule has 0 fully saturated rings. The largest absolute Gasteiger partial charge is 0.496 e. The number of ether oxygens (including phenoxy) is 1. The van der Waals surface area contributed by atoms with Gasteiger partial charge in [-0.1, -0.05) is 36.4 Å². The number of hydrogen-bond acceptors (Lipinski definition) is 4. The lowest BCUT2D eigenvalue weighted by atomic mass is 10.1. The molecular weight excluding hydrogens is 495 g/mol. The van der Waals surface area contributed by atoms with Crippen LogP contribution in [0.2, 0.25) is 0 Å². The van der Waals surface area contributed by atoms with E-state index in [1.54, 1.807) is 43.5 Å². The summed E-state index contributed by atoms with van der Waals surface area (Å²) in [5, 5.41) is 5.53. The van der Waals surface area contributed by atoms with Gasteiger partial charge in [0.2, 0.25) is 0 Å². The molecule has 0 radical (unpaired) electrons. The third kappa shape index (κ3) is 5.96. The van der Waals surface area contributed by atoms with Gasteiger partial charge in [-0.05, 0) is 64.9 Å². The van der Waals surface area contributed by atoms with Gasteiger partial charge in [0.15, 0.2) is 3.77 Å². The van der Waals surface area contributed by atoms with Crippen LogP contribution in [0.25, 0.3) is 6.08 Å². The van der Waals surface area contributed by atoms with Gasteiger partial charge in [0.1, 0.15) is 17.2 Å². The summed E-state index contributed by atoms with van der Waals surface area (Å²) in [6, 6.07) is 19.9. The average molecular weight is 516 g/mol. The Balaban J connectivity index is 1.71. The van der Waals surface area contributed by atoms with E-state index < -0.39 is 5.91 Å². The Hall–Kier alpha value is -3.07. The summed E-state index contributed by atoms with van der Waals surface area (Å²) in [6.45, 7) is 0.382. The topological polar surface area (TPSA) is 80.6 Å². The third-order valence-electron chi connectivity index (χ3n) is 4.28. The molecule has 30 heavy (non-hydrogen) atoms. The molecular formula is C23H21IN2O4. The number of methoxy groups -OCH3 is 1. The highest BCUT2D eigenvalue weighted by atomic mass is 127. The van der Waals surface area contributed by atoms with E-state index >= 15 is 0 Å². The standard InChI is InChI=1S/C23H21IN2O4/c1-29-20-10-6-5-7-16(20)13-14-25-23(28)19(15-18-11-12-21(24)30-18)26-22(27)17-8-3-2-4-9-17/h2-12,15H,13-14H2,1H3,(H,25,28)(H,26,27)/b19-15+. The molecule has 0 aliphatic heterocycles.